The van der Waals surface area contributed by atoms with Gasteiger partial charge in [-0.25, -0.2) is 4.79 Å². The summed E-state index contributed by atoms with van der Waals surface area (Å²) >= 11 is 6.03. The number of ketones is 1. The maximum Gasteiger partial charge on any atom is 0.411 e. The molecule has 0 radical (unpaired) electrons. The fraction of sp³-hybridized carbons (Fsp3) is 0.476. The van der Waals surface area contributed by atoms with Gasteiger partial charge < -0.3 is 20.7 Å². The molecule has 0 aromatic heterocycles. The third-order valence-electron chi connectivity index (χ3n) is 5.25. The number of anilines is 1. The minimum Gasteiger partial charge on any atom is -0.446 e. The first-order valence-corrected chi connectivity index (χ1v) is 10.7. The van der Waals surface area contributed by atoms with Crippen molar-refractivity contribution >= 4 is 46.9 Å². The largest absolute Gasteiger partial charge is 0.446 e. The average molecular weight is 465 g/mol. The van der Waals surface area contributed by atoms with Crippen LogP contribution in [0.25, 0.3) is 0 Å². The van der Waals surface area contributed by atoms with Crippen LogP contribution in [0.5, 0.6) is 0 Å². The Morgan fingerprint density at radius 1 is 1.25 bits per heavy atom. The standard InChI is InChI=1S/C21H25ClN4O6/c1-10-7-11(18(28)24-10)8-16(17(27)20(30)23-2)25-19(29)14-9-12(22)3-6-15(14)26-21(31)32-13-4-5-13/h3,6,9-11,13,16H,4-5,7-8H2,1-2H3,(H,23,30)(H,24,28)(H,25,29)(H,26,31)/t10-,11+,16+/m1/s1. The number of hydrogen-bond donors (Lipinski definition) is 4. The van der Waals surface area contributed by atoms with Gasteiger partial charge in [0.1, 0.15) is 6.10 Å². The molecule has 2 aliphatic rings. The van der Waals surface area contributed by atoms with E-state index < -0.39 is 35.7 Å². The second kappa shape index (κ2) is 9.99. The number of likely N-dealkylation sites (N-methyl/N-ethyl adjacent to an activating group) is 1. The molecule has 32 heavy (non-hydrogen) atoms. The topological polar surface area (TPSA) is 143 Å². The van der Waals surface area contributed by atoms with Gasteiger partial charge in [0.05, 0.1) is 17.3 Å². The van der Waals surface area contributed by atoms with Crippen LogP contribution in [0.3, 0.4) is 0 Å². The van der Waals surface area contributed by atoms with Crippen molar-refractivity contribution in [3.05, 3.63) is 28.8 Å². The molecular formula is C21H25ClN4O6. The summed E-state index contributed by atoms with van der Waals surface area (Å²) in [7, 11) is 1.30. The normalized spacial score (nSPS) is 20.7. The SMILES string of the molecule is CNC(=O)C(=O)[C@H](C[C@@H]1C[C@@H](C)NC1=O)NC(=O)c1cc(Cl)ccc1NC(=O)OC1CC1. The van der Waals surface area contributed by atoms with Gasteiger partial charge in [0.2, 0.25) is 11.7 Å². The van der Waals surface area contributed by atoms with E-state index in [0.717, 1.165) is 12.8 Å². The Balaban J connectivity index is 1.79. The molecule has 0 unspecified atom stereocenters. The first-order valence-electron chi connectivity index (χ1n) is 10.3. The van der Waals surface area contributed by atoms with Crippen LogP contribution in [0.15, 0.2) is 18.2 Å². The molecule has 0 bridgehead atoms. The van der Waals surface area contributed by atoms with Gasteiger partial charge in [0.15, 0.2) is 0 Å². The zero-order chi connectivity index (χ0) is 23.4. The number of Topliss-reactive ketones (excluding diaryl/α,β-unsaturated/α-hetero) is 1. The molecule has 1 aliphatic heterocycles. The summed E-state index contributed by atoms with van der Waals surface area (Å²) in [6, 6.07) is 2.94. The predicted molar refractivity (Wildman–Crippen MR) is 115 cm³/mol. The van der Waals surface area contributed by atoms with Crippen molar-refractivity contribution in [3.63, 3.8) is 0 Å². The molecule has 10 nitrogen and oxygen atoms in total. The number of benzene rings is 1. The minimum absolute atomic E-state index is 0.0100. The third-order valence-corrected chi connectivity index (χ3v) is 5.49. The first-order chi connectivity index (χ1) is 15.2. The lowest BCUT2D eigenvalue weighted by Crippen LogP contribution is -2.48. The Bertz CT molecular complexity index is 948. The van der Waals surface area contributed by atoms with Gasteiger partial charge in [-0.2, -0.15) is 0 Å². The number of amides is 4. The summed E-state index contributed by atoms with van der Waals surface area (Å²) in [4.78, 5) is 61.8. The van der Waals surface area contributed by atoms with Crippen LogP contribution in [0.2, 0.25) is 5.02 Å². The van der Waals surface area contributed by atoms with Crippen molar-refractivity contribution in [1.82, 2.24) is 16.0 Å². The van der Waals surface area contributed by atoms with Crippen molar-refractivity contribution in [2.24, 2.45) is 5.92 Å². The molecule has 1 heterocycles. The summed E-state index contributed by atoms with van der Waals surface area (Å²) in [5.41, 5.74) is 0.125. The molecule has 172 valence electrons. The Labute approximate surface area is 189 Å². The van der Waals surface area contributed by atoms with Crippen LogP contribution in [-0.2, 0) is 19.1 Å². The van der Waals surface area contributed by atoms with E-state index in [9.17, 15) is 24.0 Å². The van der Waals surface area contributed by atoms with Crippen LogP contribution in [0.1, 0.15) is 43.0 Å². The molecule has 2 fully saturated rings. The van der Waals surface area contributed by atoms with Crippen LogP contribution in [0.4, 0.5) is 10.5 Å². The van der Waals surface area contributed by atoms with Gasteiger partial charge >= 0.3 is 6.09 Å². The highest BCUT2D eigenvalue weighted by molar-refractivity contribution is 6.38. The van der Waals surface area contributed by atoms with Crippen molar-refractivity contribution in [2.45, 2.75) is 50.8 Å². The number of nitrogens with one attached hydrogen (secondary N) is 4. The lowest BCUT2D eigenvalue weighted by atomic mass is 9.93. The number of rotatable bonds is 8. The molecule has 4 N–H and O–H groups in total. The highest BCUT2D eigenvalue weighted by Gasteiger charge is 2.36. The van der Waals surface area contributed by atoms with Crippen LogP contribution in [0, 0.1) is 5.92 Å². The van der Waals surface area contributed by atoms with E-state index in [1.807, 2.05) is 6.92 Å². The van der Waals surface area contributed by atoms with E-state index >= 15 is 0 Å². The summed E-state index contributed by atoms with van der Waals surface area (Å²) in [5.74, 6) is -3.27. The van der Waals surface area contributed by atoms with Crippen molar-refractivity contribution in [1.29, 1.82) is 0 Å². The molecule has 1 aliphatic carbocycles. The molecule has 3 atom stereocenters. The lowest BCUT2D eigenvalue weighted by Gasteiger charge is -2.20. The van der Waals surface area contributed by atoms with Crippen LogP contribution < -0.4 is 21.3 Å². The molecular weight excluding hydrogens is 440 g/mol. The Hall–Kier alpha value is -3.14. The predicted octanol–water partition coefficient (Wildman–Crippen LogP) is 1.38. The van der Waals surface area contributed by atoms with E-state index in [1.165, 1.54) is 25.2 Å². The van der Waals surface area contributed by atoms with Crippen LogP contribution >= 0.6 is 11.6 Å². The van der Waals surface area contributed by atoms with E-state index in [-0.39, 0.29) is 40.7 Å². The maximum atomic E-state index is 13.0. The number of hydrogen-bond acceptors (Lipinski definition) is 6. The zero-order valence-electron chi connectivity index (χ0n) is 17.7. The maximum absolute atomic E-state index is 13.0. The summed E-state index contributed by atoms with van der Waals surface area (Å²) < 4.78 is 5.14. The second-order valence-electron chi connectivity index (χ2n) is 7.97. The molecule has 4 amide bonds. The molecule has 1 aromatic rings. The number of ether oxygens (including phenoxy) is 1. The van der Waals surface area contributed by atoms with Crippen molar-refractivity contribution in [3.8, 4) is 0 Å². The van der Waals surface area contributed by atoms with E-state index in [1.54, 1.807) is 0 Å². The first kappa shape index (κ1) is 23.5. The van der Waals surface area contributed by atoms with E-state index in [4.69, 9.17) is 16.3 Å². The number of carbonyl (C=O) groups is 5. The second-order valence-corrected chi connectivity index (χ2v) is 8.40. The Morgan fingerprint density at radius 3 is 2.56 bits per heavy atom. The number of carbonyl (C=O) groups excluding carboxylic acids is 5. The fourth-order valence-electron chi connectivity index (χ4n) is 3.48. The summed E-state index contributed by atoms with van der Waals surface area (Å²) in [5, 5.41) is 10.3. The monoisotopic (exact) mass is 464 g/mol. The van der Waals surface area contributed by atoms with Gasteiger partial charge in [0, 0.05) is 24.0 Å². The zero-order valence-corrected chi connectivity index (χ0v) is 18.5. The van der Waals surface area contributed by atoms with Gasteiger partial charge in [-0.15, -0.1) is 0 Å². The van der Waals surface area contributed by atoms with Crippen molar-refractivity contribution < 1.29 is 28.7 Å². The average Bonchev–Trinajstić information content (AvgIpc) is 3.50. The fourth-order valence-corrected chi connectivity index (χ4v) is 3.65. The quantitative estimate of drug-likeness (QED) is 0.428. The van der Waals surface area contributed by atoms with Crippen molar-refractivity contribution in [2.75, 3.05) is 12.4 Å². The molecule has 1 saturated carbocycles. The van der Waals surface area contributed by atoms with Gasteiger partial charge in [-0.1, -0.05) is 11.6 Å². The van der Waals surface area contributed by atoms with E-state index in [0.29, 0.717) is 6.42 Å². The van der Waals surface area contributed by atoms with Gasteiger partial charge in [0.25, 0.3) is 11.8 Å². The lowest BCUT2D eigenvalue weighted by molar-refractivity contribution is -0.139. The Kier molecular flexibility index (Phi) is 7.34. The summed E-state index contributed by atoms with van der Waals surface area (Å²) in [6.07, 6.45) is 1.17. The molecule has 3 rings (SSSR count). The highest BCUT2D eigenvalue weighted by atomic mass is 35.5. The molecule has 1 aromatic carbocycles. The van der Waals surface area contributed by atoms with Gasteiger partial charge in [-0.05, 0) is 50.8 Å². The molecule has 0 spiro atoms. The van der Waals surface area contributed by atoms with Crippen LogP contribution in [-0.4, -0.2) is 54.8 Å². The molecule has 11 heteroatoms. The third kappa shape index (κ3) is 5.97. The van der Waals surface area contributed by atoms with E-state index in [2.05, 4.69) is 21.3 Å². The van der Waals surface area contributed by atoms with Gasteiger partial charge in [-0.3, -0.25) is 24.5 Å². The smallest absolute Gasteiger partial charge is 0.411 e. The highest BCUT2D eigenvalue weighted by Crippen LogP contribution is 2.26. The number of halogens is 1. The Morgan fingerprint density at radius 2 is 1.97 bits per heavy atom. The summed E-state index contributed by atoms with van der Waals surface area (Å²) in [6.45, 7) is 1.83. The minimum atomic E-state index is -1.24. The molecule has 1 saturated heterocycles.